The van der Waals surface area contributed by atoms with E-state index in [-0.39, 0.29) is 11.5 Å². The summed E-state index contributed by atoms with van der Waals surface area (Å²) in [5.74, 6) is -2.48. The SMILES string of the molecule is OCc1c(Oc2cc(F)cc(F)c2)cccc1C(F)(F)F. The minimum absolute atomic E-state index is 0.304. The van der Waals surface area contributed by atoms with Crippen LogP contribution in [0.25, 0.3) is 0 Å². The maximum atomic E-state index is 13.0. The highest BCUT2D eigenvalue weighted by Gasteiger charge is 2.34. The van der Waals surface area contributed by atoms with Gasteiger partial charge in [0.25, 0.3) is 0 Å². The quantitative estimate of drug-likeness (QED) is 0.858. The molecule has 0 atom stereocenters. The Balaban J connectivity index is 2.45. The molecule has 0 aliphatic heterocycles. The first-order chi connectivity index (χ1) is 9.81. The van der Waals surface area contributed by atoms with Crippen molar-refractivity contribution in [3.8, 4) is 11.5 Å². The second kappa shape index (κ2) is 5.69. The number of hydrogen-bond donors (Lipinski definition) is 1. The number of halogens is 5. The van der Waals surface area contributed by atoms with E-state index in [2.05, 4.69) is 0 Å². The third-order valence-electron chi connectivity index (χ3n) is 2.66. The van der Waals surface area contributed by atoms with Crippen LogP contribution in [0.4, 0.5) is 22.0 Å². The largest absolute Gasteiger partial charge is 0.457 e. The van der Waals surface area contributed by atoms with E-state index < -0.39 is 35.5 Å². The summed E-state index contributed by atoms with van der Waals surface area (Å²) in [5, 5.41) is 9.12. The average molecular weight is 304 g/mol. The van der Waals surface area contributed by atoms with Crippen LogP contribution in [0.2, 0.25) is 0 Å². The molecular weight excluding hydrogens is 295 g/mol. The summed E-state index contributed by atoms with van der Waals surface area (Å²) in [6.45, 7) is -0.928. The van der Waals surface area contributed by atoms with Crippen molar-refractivity contribution in [1.29, 1.82) is 0 Å². The summed E-state index contributed by atoms with van der Waals surface area (Å²) >= 11 is 0. The highest BCUT2D eigenvalue weighted by Crippen LogP contribution is 2.37. The van der Waals surface area contributed by atoms with Crippen molar-refractivity contribution < 1.29 is 31.8 Å². The lowest BCUT2D eigenvalue weighted by molar-refractivity contribution is -0.138. The van der Waals surface area contributed by atoms with E-state index in [0.717, 1.165) is 24.3 Å². The first-order valence-corrected chi connectivity index (χ1v) is 5.75. The van der Waals surface area contributed by atoms with Crippen molar-refractivity contribution in [2.75, 3.05) is 0 Å². The van der Waals surface area contributed by atoms with E-state index in [1.54, 1.807) is 0 Å². The lowest BCUT2D eigenvalue weighted by atomic mass is 10.1. The molecule has 0 unspecified atom stereocenters. The molecule has 2 aromatic carbocycles. The molecule has 0 saturated carbocycles. The molecular formula is C14H9F5O2. The number of hydrogen-bond acceptors (Lipinski definition) is 2. The molecule has 0 radical (unpaired) electrons. The predicted molar refractivity (Wildman–Crippen MR) is 63.8 cm³/mol. The Morgan fingerprint density at radius 1 is 1.00 bits per heavy atom. The molecule has 21 heavy (non-hydrogen) atoms. The zero-order chi connectivity index (χ0) is 15.6. The third-order valence-corrected chi connectivity index (χ3v) is 2.66. The fraction of sp³-hybridized carbons (Fsp3) is 0.143. The Morgan fingerprint density at radius 2 is 1.62 bits per heavy atom. The van der Waals surface area contributed by atoms with Gasteiger partial charge in [-0.15, -0.1) is 0 Å². The van der Waals surface area contributed by atoms with Crippen molar-refractivity contribution in [3.63, 3.8) is 0 Å². The molecule has 7 heteroatoms. The smallest absolute Gasteiger partial charge is 0.416 e. The van der Waals surface area contributed by atoms with Gasteiger partial charge >= 0.3 is 6.18 Å². The minimum Gasteiger partial charge on any atom is -0.457 e. The Hall–Kier alpha value is -2.15. The summed E-state index contributed by atoms with van der Waals surface area (Å²) in [6.07, 6.45) is -4.68. The van der Waals surface area contributed by atoms with Crippen LogP contribution in [-0.4, -0.2) is 5.11 Å². The van der Waals surface area contributed by atoms with Crippen LogP contribution in [0, 0.1) is 11.6 Å². The van der Waals surface area contributed by atoms with Gasteiger partial charge in [-0.05, 0) is 12.1 Å². The zero-order valence-electron chi connectivity index (χ0n) is 10.4. The fourth-order valence-corrected chi connectivity index (χ4v) is 1.80. The monoisotopic (exact) mass is 304 g/mol. The molecule has 0 fully saturated rings. The van der Waals surface area contributed by atoms with Crippen LogP contribution in [0.1, 0.15) is 11.1 Å². The van der Waals surface area contributed by atoms with Crippen LogP contribution in [0.15, 0.2) is 36.4 Å². The molecule has 2 rings (SSSR count). The van der Waals surface area contributed by atoms with E-state index in [4.69, 9.17) is 9.84 Å². The van der Waals surface area contributed by atoms with Gasteiger partial charge in [0.2, 0.25) is 0 Å². The molecule has 0 aliphatic rings. The fourth-order valence-electron chi connectivity index (χ4n) is 1.80. The molecule has 112 valence electrons. The molecule has 0 aromatic heterocycles. The molecule has 0 heterocycles. The van der Waals surface area contributed by atoms with Crippen LogP contribution >= 0.6 is 0 Å². The minimum atomic E-state index is -4.68. The van der Waals surface area contributed by atoms with E-state index in [0.29, 0.717) is 6.07 Å². The van der Waals surface area contributed by atoms with E-state index >= 15 is 0 Å². The van der Waals surface area contributed by atoms with Gasteiger partial charge in [-0.3, -0.25) is 0 Å². The van der Waals surface area contributed by atoms with Crippen molar-refractivity contribution in [2.24, 2.45) is 0 Å². The average Bonchev–Trinajstić information content (AvgIpc) is 2.36. The van der Waals surface area contributed by atoms with Crippen LogP contribution < -0.4 is 4.74 Å². The summed E-state index contributed by atoms with van der Waals surface area (Å²) in [6, 6.07) is 5.28. The van der Waals surface area contributed by atoms with Gasteiger partial charge < -0.3 is 9.84 Å². The Kier molecular flexibility index (Phi) is 4.13. The molecule has 2 nitrogen and oxygen atoms in total. The Labute approximate surface area is 116 Å². The number of benzene rings is 2. The summed E-state index contributed by atoms with van der Waals surface area (Å²) in [7, 11) is 0. The molecule has 0 spiro atoms. The summed E-state index contributed by atoms with van der Waals surface area (Å²) in [5.41, 5.74) is -1.57. The van der Waals surface area contributed by atoms with E-state index in [1.165, 1.54) is 6.07 Å². The first-order valence-electron chi connectivity index (χ1n) is 5.75. The van der Waals surface area contributed by atoms with Crippen LogP contribution in [-0.2, 0) is 12.8 Å². The normalized spacial score (nSPS) is 11.5. The molecule has 0 aliphatic carbocycles. The lowest BCUT2D eigenvalue weighted by Gasteiger charge is -2.15. The number of rotatable bonds is 3. The third kappa shape index (κ3) is 3.49. The van der Waals surface area contributed by atoms with Crippen LogP contribution in [0.3, 0.4) is 0 Å². The zero-order valence-corrected chi connectivity index (χ0v) is 10.4. The number of ether oxygens (including phenoxy) is 1. The molecule has 0 amide bonds. The maximum Gasteiger partial charge on any atom is 0.416 e. The van der Waals surface area contributed by atoms with Gasteiger partial charge in [0.05, 0.1) is 12.2 Å². The standard InChI is InChI=1S/C14H9F5O2/c15-8-4-9(16)6-10(5-8)21-13-3-1-2-12(11(13)7-20)14(17,18)19/h1-6,20H,7H2. The van der Waals surface area contributed by atoms with E-state index in [1.807, 2.05) is 0 Å². The predicted octanol–water partition coefficient (Wildman–Crippen LogP) is 4.27. The highest BCUT2D eigenvalue weighted by atomic mass is 19.4. The summed E-state index contributed by atoms with van der Waals surface area (Å²) in [4.78, 5) is 0. The van der Waals surface area contributed by atoms with Gasteiger partial charge in [0, 0.05) is 23.8 Å². The highest BCUT2D eigenvalue weighted by molar-refractivity contribution is 5.44. The van der Waals surface area contributed by atoms with Gasteiger partial charge in [-0.25, -0.2) is 8.78 Å². The van der Waals surface area contributed by atoms with Crippen molar-refractivity contribution >= 4 is 0 Å². The molecule has 0 saturated heterocycles. The van der Waals surface area contributed by atoms with Gasteiger partial charge in [-0.2, -0.15) is 13.2 Å². The molecule has 0 bridgehead atoms. The Bertz CT molecular complexity index is 632. The van der Waals surface area contributed by atoms with E-state index in [9.17, 15) is 22.0 Å². The second-order valence-corrected chi connectivity index (χ2v) is 4.15. The van der Waals surface area contributed by atoms with Gasteiger partial charge in [-0.1, -0.05) is 6.07 Å². The van der Waals surface area contributed by atoms with Gasteiger partial charge in [0.15, 0.2) is 0 Å². The maximum absolute atomic E-state index is 13.0. The number of aliphatic hydroxyl groups is 1. The topological polar surface area (TPSA) is 29.5 Å². The Morgan fingerprint density at radius 3 is 2.14 bits per heavy atom. The van der Waals surface area contributed by atoms with Crippen molar-refractivity contribution in [2.45, 2.75) is 12.8 Å². The number of aliphatic hydroxyl groups excluding tert-OH is 1. The lowest BCUT2D eigenvalue weighted by Crippen LogP contribution is -2.10. The summed E-state index contributed by atoms with van der Waals surface area (Å²) < 4.78 is 69.5. The van der Waals surface area contributed by atoms with Crippen LogP contribution in [0.5, 0.6) is 11.5 Å². The first kappa shape index (κ1) is 15.2. The molecule has 2 aromatic rings. The molecule has 1 N–H and O–H groups in total. The van der Waals surface area contributed by atoms with Crippen molar-refractivity contribution in [1.82, 2.24) is 0 Å². The van der Waals surface area contributed by atoms with Gasteiger partial charge in [0.1, 0.15) is 23.1 Å². The number of alkyl halides is 3. The second-order valence-electron chi connectivity index (χ2n) is 4.15. The van der Waals surface area contributed by atoms with Crippen molar-refractivity contribution in [3.05, 3.63) is 59.2 Å².